The average Bonchev–Trinajstić information content (AvgIpc) is 3.05. The summed E-state index contributed by atoms with van der Waals surface area (Å²) in [5.74, 6) is 5.77. The normalized spacial score (nSPS) is 20.0. The van der Waals surface area contributed by atoms with Crippen LogP contribution < -0.4 is 11.3 Å². The first kappa shape index (κ1) is 14.4. The van der Waals surface area contributed by atoms with Crippen molar-refractivity contribution in [3.8, 4) is 0 Å². The van der Waals surface area contributed by atoms with Crippen molar-refractivity contribution in [3.63, 3.8) is 0 Å². The molecule has 1 aromatic heterocycles. The van der Waals surface area contributed by atoms with E-state index in [1.165, 1.54) is 23.6 Å². The highest BCUT2D eigenvalue weighted by atomic mass is 16.5. The average molecular weight is 285 g/mol. The Morgan fingerprint density at radius 1 is 1.33 bits per heavy atom. The third-order valence-electron chi connectivity index (χ3n) is 4.28. The third-order valence-corrected chi connectivity index (χ3v) is 4.28. The van der Waals surface area contributed by atoms with Gasteiger partial charge in [0.1, 0.15) is 0 Å². The number of benzene rings is 1. The van der Waals surface area contributed by atoms with E-state index in [1.54, 1.807) is 0 Å². The second kappa shape index (κ2) is 6.98. The van der Waals surface area contributed by atoms with Crippen LogP contribution in [0.15, 0.2) is 36.5 Å². The molecule has 2 aromatic rings. The molecule has 1 aromatic carbocycles. The summed E-state index contributed by atoms with van der Waals surface area (Å²) in [5.41, 5.74) is 3.98. The molecule has 2 heterocycles. The van der Waals surface area contributed by atoms with E-state index in [0.717, 1.165) is 31.6 Å². The summed E-state index contributed by atoms with van der Waals surface area (Å²) in [6, 6.07) is 10.5. The van der Waals surface area contributed by atoms with Crippen molar-refractivity contribution in [1.82, 2.24) is 10.4 Å². The lowest BCUT2D eigenvalue weighted by atomic mass is 9.99. The molecule has 0 aliphatic carbocycles. The maximum absolute atomic E-state index is 5.77. The lowest BCUT2D eigenvalue weighted by molar-refractivity contribution is 0.101. The molecular weight excluding hydrogens is 262 g/mol. The van der Waals surface area contributed by atoms with E-state index in [2.05, 4.69) is 28.6 Å². The van der Waals surface area contributed by atoms with Crippen molar-refractivity contribution < 1.29 is 4.74 Å². The third kappa shape index (κ3) is 3.40. The molecule has 0 amide bonds. The van der Waals surface area contributed by atoms with Crippen LogP contribution in [0.1, 0.15) is 43.8 Å². The molecule has 112 valence electrons. The Labute approximate surface area is 125 Å². The van der Waals surface area contributed by atoms with Gasteiger partial charge in [0.25, 0.3) is 0 Å². The first-order valence-electron chi connectivity index (χ1n) is 7.80. The molecule has 4 heteroatoms. The van der Waals surface area contributed by atoms with Gasteiger partial charge in [0.15, 0.2) is 0 Å². The van der Waals surface area contributed by atoms with Gasteiger partial charge in [-0.1, -0.05) is 24.3 Å². The standard InChI is InChI=1S/C17H23N3O/c18-20-16(9-3-6-14-7-4-12-21-14)17-15-8-2-1-5-13(15)10-11-19-17/h1-2,5,8,10-11,14,16,20H,3-4,6-7,9,12,18H2. The van der Waals surface area contributed by atoms with Gasteiger partial charge in [-0.3, -0.25) is 16.3 Å². The Balaban J connectivity index is 1.69. The number of aromatic nitrogens is 1. The van der Waals surface area contributed by atoms with Crippen LogP contribution in [0.5, 0.6) is 0 Å². The summed E-state index contributed by atoms with van der Waals surface area (Å²) in [5, 5.41) is 2.39. The summed E-state index contributed by atoms with van der Waals surface area (Å²) >= 11 is 0. The van der Waals surface area contributed by atoms with Gasteiger partial charge in [0.2, 0.25) is 0 Å². The summed E-state index contributed by atoms with van der Waals surface area (Å²) in [6.45, 7) is 0.925. The van der Waals surface area contributed by atoms with E-state index in [9.17, 15) is 0 Å². The second-order valence-corrected chi connectivity index (χ2v) is 5.70. The van der Waals surface area contributed by atoms with Gasteiger partial charge in [-0.2, -0.15) is 0 Å². The van der Waals surface area contributed by atoms with E-state index in [4.69, 9.17) is 10.6 Å². The van der Waals surface area contributed by atoms with Gasteiger partial charge in [-0.15, -0.1) is 0 Å². The molecule has 1 fully saturated rings. The number of ether oxygens (including phenoxy) is 1. The summed E-state index contributed by atoms with van der Waals surface area (Å²) in [7, 11) is 0. The largest absolute Gasteiger partial charge is 0.378 e. The highest BCUT2D eigenvalue weighted by Gasteiger charge is 2.18. The molecule has 3 N–H and O–H groups in total. The number of hydrazine groups is 1. The quantitative estimate of drug-likeness (QED) is 0.632. The number of pyridine rings is 1. The van der Waals surface area contributed by atoms with Crippen LogP contribution in [0.4, 0.5) is 0 Å². The summed E-state index contributed by atoms with van der Waals surface area (Å²) < 4.78 is 5.68. The summed E-state index contributed by atoms with van der Waals surface area (Å²) in [6.07, 6.45) is 7.91. The van der Waals surface area contributed by atoms with Gasteiger partial charge in [-0.05, 0) is 43.6 Å². The van der Waals surface area contributed by atoms with E-state index in [-0.39, 0.29) is 6.04 Å². The van der Waals surface area contributed by atoms with Gasteiger partial charge in [0.05, 0.1) is 17.8 Å². The van der Waals surface area contributed by atoms with E-state index in [0.29, 0.717) is 6.10 Å². The zero-order valence-corrected chi connectivity index (χ0v) is 12.3. The van der Waals surface area contributed by atoms with Crippen LogP contribution in [0.2, 0.25) is 0 Å². The fourth-order valence-electron chi connectivity index (χ4n) is 3.14. The molecular formula is C17H23N3O. The van der Waals surface area contributed by atoms with E-state index < -0.39 is 0 Å². The summed E-state index contributed by atoms with van der Waals surface area (Å²) in [4.78, 5) is 4.55. The minimum Gasteiger partial charge on any atom is -0.378 e. The highest BCUT2D eigenvalue weighted by molar-refractivity contribution is 5.84. The molecule has 0 saturated carbocycles. The minimum atomic E-state index is 0.0949. The van der Waals surface area contributed by atoms with Gasteiger partial charge >= 0.3 is 0 Å². The molecule has 2 atom stereocenters. The van der Waals surface area contributed by atoms with Crippen LogP contribution in [0, 0.1) is 0 Å². The maximum atomic E-state index is 5.77. The fraction of sp³-hybridized carbons (Fsp3) is 0.471. The number of fused-ring (bicyclic) bond motifs is 1. The topological polar surface area (TPSA) is 60.2 Å². The van der Waals surface area contributed by atoms with Crippen molar-refractivity contribution in [2.45, 2.75) is 44.2 Å². The number of nitrogens with two attached hydrogens (primary N) is 1. The molecule has 1 saturated heterocycles. The number of nitrogens with one attached hydrogen (secondary N) is 1. The molecule has 1 aliphatic heterocycles. The zero-order valence-electron chi connectivity index (χ0n) is 12.3. The van der Waals surface area contributed by atoms with Crippen molar-refractivity contribution in [2.75, 3.05) is 6.61 Å². The Kier molecular flexibility index (Phi) is 4.80. The SMILES string of the molecule is NNC(CCCC1CCCO1)c1nccc2ccccc12. The van der Waals surface area contributed by atoms with Crippen molar-refractivity contribution in [3.05, 3.63) is 42.2 Å². The molecule has 0 radical (unpaired) electrons. The minimum absolute atomic E-state index is 0.0949. The first-order valence-corrected chi connectivity index (χ1v) is 7.80. The van der Waals surface area contributed by atoms with Crippen molar-refractivity contribution >= 4 is 10.8 Å². The van der Waals surface area contributed by atoms with Gasteiger partial charge in [0, 0.05) is 18.2 Å². The van der Waals surface area contributed by atoms with E-state index in [1.807, 2.05) is 18.3 Å². The van der Waals surface area contributed by atoms with E-state index >= 15 is 0 Å². The monoisotopic (exact) mass is 285 g/mol. The predicted molar refractivity (Wildman–Crippen MR) is 84.6 cm³/mol. The molecule has 0 spiro atoms. The van der Waals surface area contributed by atoms with Crippen LogP contribution in [0.3, 0.4) is 0 Å². The molecule has 21 heavy (non-hydrogen) atoms. The Morgan fingerprint density at radius 2 is 2.24 bits per heavy atom. The smallest absolute Gasteiger partial charge is 0.0664 e. The highest BCUT2D eigenvalue weighted by Crippen LogP contribution is 2.26. The lowest BCUT2D eigenvalue weighted by Crippen LogP contribution is -2.29. The molecule has 1 aliphatic rings. The van der Waals surface area contributed by atoms with Gasteiger partial charge < -0.3 is 4.74 Å². The molecule has 2 unspecified atom stereocenters. The second-order valence-electron chi connectivity index (χ2n) is 5.70. The fourth-order valence-corrected chi connectivity index (χ4v) is 3.14. The number of hydrogen-bond acceptors (Lipinski definition) is 4. The Morgan fingerprint density at radius 3 is 3.05 bits per heavy atom. The number of nitrogens with zero attached hydrogens (tertiary/aromatic N) is 1. The van der Waals surface area contributed by atoms with Crippen molar-refractivity contribution in [2.24, 2.45) is 5.84 Å². The first-order chi connectivity index (χ1) is 10.4. The van der Waals surface area contributed by atoms with Crippen LogP contribution >= 0.6 is 0 Å². The predicted octanol–water partition coefficient (Wildman–Crippen LogP) is 3.09. The van der Waals surface area contributed by atoms with Gasteiger partial charge in [-0.25, -0.2) is 0 Å². The number of rotatable bonds is 6. The molecule has 3 rings (SSSR count). The zero-order chi connectivity index (χ0) is 14.5. The van der Waals surface area contributed by atoms with Crippen molar-refractivity contribution in [1.29, 1.82) is 0 Å². The molecule has 0 bridgehead atoms. The van der Waals surface area contributed by atoms with Crippen LogP contribution in [-0.2, 0) is 4.74 Å². The molecule has 4 nitrogen and oxygen atoms in total. The Hall–Kier alpha value is -1.49. The van der Waals surface area contributed by atoms with Crippen LogP contribution in [-0.4, -0.2) is 17.7 Å². The Bertz CT molecular complexity index is 576. The maximum Gasteiger partial charge on any atom is 0.0664 e. The number of hydrogen-bond donors (Lipinski definition) is 2. The van der Waals surface area contributed by atoms with Crippen LogP contribution in [0.25, 0.3) is 10.8 Å². The lowest BCUT2D eigenvalue weighted by Gasteiger charge is -2.18.